The summed E-state index contributed by atoms with van der Waals surface area (Å²) in [7, 11) is 0. The second-order valence-electron chi connectivity index (χ2n) is 4.72. The zero-order chi connectivity index (χ0) is 14.7. The molecule has 0 spiro atoms. The summed E-state index contributed by atoms with van der Waals surface area (Å²) in [6, 6.07) is 7.91. The number of amides is 1. The fourth-order valence-corrected chi connectivity index (χ4v) is 2.89. The molecular formula is C15H18N2O2S. The Morgan fingerprint density at radius 1 is 1.30 bits per heavy atom. The van der Waals surface area contributed by atoms with E-state index in [0.717, 1.165) is 21.8 Å². The van der Waals surface area contributed by atoms with Gasteiger partial charge in [-0.3, -0.25) is 10.2 Å². The summed E-state index contributed by atoms with van der Waals surface area (Å²) in [6.45, 7) is 6.50. The van der Waals surface area contributed by atoms with Crippen molar-refractivity contribution < 1.29 is 9.53 Å². The molecule has 0 atom stereocenters. The molecule has 106 valence electrons. The Morgan fingerprint density at radius 2 is 2.05 bits per heavy atom. The van der Waals surface area contributed by atoms with Gasteiger partial charge in [-0.15, -0.1) is 11.3 Å². The highest BCUT2D eigenvalue weighted by molar-refractivity contribution is 7.14. The average molecular weight is 290 g/mol. The zero-order valence-electron chi connectivity index (χ0n) is 11.8. The quantitative estimate of drug-likeness (QED) is 0.517. The summed E-state index contributed by atoms with van der Waals surface area (Å²) in [5.74, 6) is 5.74. The molecule has 0 aliphatic carbocycles. The minimum Gasteiger partial charge on any atom is -0.489 e. The fourth-order valence-electron chi connectivity index (χ4n) is 1.96. The van der Waals surface area contributed by atoms with Crippen LogP contribution in [0.5, 0.6) is 5.75 Å². The summed E-state index contributed by atoms with van der Waals surface area (Å²) in [4.78, 5) is 13.1. The number of nitrogens with two attached hydrogens (primary N) is 1. The molecule has 0 aliphatic rings. The van der Waals surface area contributed by atoms with Gasteiger partial charge >= 0.3 is 0 Å². The normalized spacial score (nSPS) is 10.4. The fraction of sp³-hybridized carbons (Fsp3) is 0.267. The molecule has 4 nitrogen and oxygen atoms in total. The van der Waals surface area contributed by atoms with Crippen LogP contribution in [0.15, 0.2) is 24.3 Å². The molecule has 0 saturated heterocycles. The van der Waals surface area contributed by atoms with E-state index in [4.69, 9.17) is 10.6 Å². The van der Waals surface area contributed by atoms with Crippen LogP contribution in [0, 0.1) is 20.8 Å². The first-order valence-electron chi connectivity index (χ1n) is 6.31. The second-order valence-corrected chi connectivity index (χ2v) is 5.98. The predicted octanol–water partition coefficient (Wildman–Crippen LogP) is 2.86. The second kappa shape index (κ2) is 6.07. The Labute approximate surface area is 122 Å². The van der Waals surface area contributed by atoms with Gasteiger partial charge in [0.25, 0.3) is 5.91 Å². The monoisotopic (exact) mass is 290 g/mol. The van der Waals surface area contributed by atoms with E-state index in [-0.39, 0.29) is 5.91 Å². The van der Waals surface area contributed by atoms with Crippen LogP contribution < -0.4 is 16.0 Å². The van der Waals surface area contributed by atoms with Gasteiger partial charge in [0.15, 0.2) is 0 Å². The third kappa shape index (κ3) is 3.18. The van der Waals surface area contributed by atoms with Crippen LogP contribution in [0.3, 0.4) is 0 Å². The van der Waals surface area contributed by atoms with Crippen LogP contribution in [0.1, 0.15) is 31.2 Å². The lowest BCUT2D eigenvalue weighted by Gasteiger charge is -2.09. The van der Waals surface area contributed by atoms with Gasteiger partial charge in [-0.25, -0.2) is 5.84 Å². The van der Waals surface area contributed by atoms with Crippen LogP contribution >= 0.6 is 11.3 Å². The Kier molecular flexibility index (Phi) is 4.42. The Bertz CT molecular complexity index is 635. The first-order chi connectivity index (χ1) is 9.51. The van der Waals surface area contributed by atoms with Crippen molar-refractivity contribution in [3.05, 3.63) is 50.7 Å². The summed E-state index contributed by atoms with van der Waals surface area (Å²) >= 11 is 1.42. The van der Waals surface area contributed by atoms with Gasteiger partial charge in [-0.1, -0.05) is 17.7 Å². The average Bonchev–Trinajstić information content (AvgIpc) is 2.78. The molecule has 0 fully saturated rings. The number of thiophene rings is 1. The van der Waals surface area contributed by atoms with Gasteiger partial charge < -0.3 is 4.74 Å². The first kappa shape index (κ1) is 14.6. The number of nitrogen functional groups attached to an aromatic ring is 1. The first-order valence-corrected chi connectivity index (χ1v) is 7.13. The molecule has 20 heavy (non-hydrogen) atoms. The van der Waals surface area contributed by atoms with Crippen molar-refractivity contribution in [3.63, 3.8) is 0 Å². The number of nitrogens with one attached hydrogen (secondary N) is 1. The van der Waals surface area contributed by atoms with Gasteiger partial charge in [0.05, 0.1) is 4.88 Å². The molecular weight excluding hydrogens is 272 g/mol. The number of carbonyl (C=O) groups excluding carboxylic acids is 1. The van der Waals surface area contributed by atoms with Crippen LogP contribution in [-0.4, -0.2) is 5.91 Å². The van der Waals surface area contributed by atoms with E-state index in [1.54, 1.807) is 0 Å². The lowest BCUT2D eigenvalue weighted by Crippen LogP contribution is -2.29. The maximum Gasteiger partial charge on any atom is 0.275 e. The Hall–Kier alpha value is -1.85. The number of ether oxygens (including phenoxy) is 1. The molecule has 2 aromatic rings. The molecule has 1 amide bonds. The maximum absolute atomic E-state index is 11.5. The topological polar surface area (TPSA) is 64.3 Å². The molecule has 2 rings (SSSR count). The Morgan fingerprint density at radius 3 is 2.70 bits per heavy atom. The number of hydrazine groups is 1. The van der Waals surface area contributed by atoms with E-state index in [1.165, 1.54) is 16.9 Å². The van der Waals surface area contributed by atoms with Crippen molar-refractivity contribution in [2.24, 2.45) is 5.84 Å². The highest BCUT2D eigenvalue weighted by atomic mass is 32.1. The summed E-state index contributed by atoms with van der Waals surface area (Å²) in [6.07, 6.45) is 0. The van der Waals surface area contributed by atoms with Gasteiger partial charge in [0.1, 0.15) is 12.4 Å². The molecule has 0 radical (unpaired) electrons. The summed E-state index contributed by atoms with van der Waals surface area (Å²) in [5.41, 5.74) is 5.47. The number of rotatable bonds is 4. The van der Waals surface area contributed by atoms with Crippen LogP contribution in [0.2, 0.25) is 0 Å². The standard InChI is InChI=1S/C15H18N2O2S/c1-9-4-5-13(10(2)6-9)19-8-12-7-14(15(18)17-16)20-11(12)3/h4-7H,8,16H2,1-3H3,(H,17,18). The van der Waals surface area contributed by atoms with Crippen molar-refractivity contribution in [1.82, 2.24) is 5.43 Å². The molecule has 0 saturated carbocycles. The highest BCUT2D eigenvalue weighted by Gasteiger charge is 2.12. The van der Waals surface area contributed by atoms with E-state index in [0.29, 0.717) is 11.5 Å². The lowest BCUT2D eigenvalue weighted by atomic mass is 10.1. The molecule has 0 bridgehead atoms. The zero-order valence-corrected chi connectivity index (χ0v) is 12.6. The van der Waals surface area contributed by atoms with Crippen molar-refractivity contribution in [1.29, 1.82) is 0 Å². The molecule has 0 unspecified atom stereocenters. The van der Waals surface area contributed by atoms with E-state index in [1.807, 2.05) is 32.0 Å². The van der Waals surface area contributed by atoms with Gasteiger partial charge in [-0.05, 0) is 38.5 Å². The predicted molar refractivity (Wildman–Crippen MR) is 81.0 cm³/mol. The number of hydrogen-bond donors (Lipinski definition) is 2. The maximum atomic E-state index is 11.5. The summed E-state index contributed by atoms with van der Waals surface area (Å²) in [5, 5.41) is 0. The van der Waals surface area contributed by atoms with E-state index < -0.39 is 0 Å². The molecule has 0 aliphatic heterocycles. The van der Waals surface area contributed by atoms with Gasteiger partial charge in [0.2, 0.25) is 0 Å². The smallest absolute Gasteiger partial charge is 0.275 e. The van der Waals surface area contributed by atoms with Crippen molar-refractivity contribution in [3.8, 4) is 5.75 Å². The van der Waals surface area contributed by atoms with Crippen LogP contribution in [0.4, 0.5) is 0 Å². The van der Waals surface area contributed by atoms with Gasteiger partial charge in [0, 0.05) is 10.4 Å². The Balaban J connectivity index is 2.11. The number of aryl methyl sites for hydroxylation is 3. The van der Waals surface area contributed by atoms with Crippen LogP contribution in [0.25, 0.3) is 0 Å². The van der Waals surface area contributed by atoms with E-state index in [2.05, 4.69) is 18.4 Å². The lowest BCUT2D eigenvalue weighted by molar-refractivity contribution is 0.0957. The molecule has 1 aromatic carbocycles. The highest BCUT2D eigenvalue weighted by Crippen LogP contribution is 2.25. The third-order valence-corrected chi connectivity index (χ3v) is 4.18. The SMILES string of the molecule is Cc1ccc(OCc2cc(C(=O)NN)sc2C)c(C)c1. The number of carbonyl (C=O) groups is 1. The van der Waals surface area contributed by atoms with Crippen LogP contribution in [-0.2, 0) is 6.61 Å². The molecule has 5 heteroatoms. The largest absolute Gasteiger partial charge is 0.489 e. The molecule has 1 aromatic heterocycles. The van der Waals surface area contributed by atoms with E-state index in [9.17, 15) is 4.79 Å². The summed E-state index contributed by atoms with van der Waals surface area (Å²) < 4.78 is 5.83. The minimum absolute atomic E-state index is 0.268. The van der Waals surface area contributed by atoms with Crippen molar-refractivity contribution in [2.75, 3.05) is 0 Å². The van der Waals surface area contributed by atoms with E-state index >= 15 is 0 Å². The third-order valence-electron chi connectivity index (χ3n) is 3.09. The number of hydrogen-bond acceptors (Lipinski definition) is 4. The molecule has 1 heterocycles. The van der Waals surface area contributed by atoms with Crippen molar-refractivity contribution >= 4 is 17.2 Å². The molecule has 3 N–H and O–H groups in total. The van der Waals surface area contributed by atoms with Gasteiger partial charge in [-0.2, -0.15) is 0 Å². The minimum atomic E-state index is -0.268. The van der Waals surface area contributed by atoms with Crippen molar-refractivity contribution in [2.45, 2.75) is 27.4 Å². The number of benzene rings is 1.